The quantitative estimate of drug-likeness (QED) is 0.447. The lowest BCUT2D eigenvalue weighted by atomic mass is 10.1. The zero-order valence-electron chi connectivity index (χ0n) is 9.52. The first kappa shape index (κ1) is 12.4. The van der Waals surface area contributed by atoms with Crippen molar-refractivity contribution in [1.82, 2.24) is 0 Å². The monoisotopic (exact) mass is 222 g/mol. The van der Waals surface area contributed by atoms with Gasteiger partial charge in [0, 0.05) is 5.56 Å². The largest absolute Gasteiger partial charge is 0.373 e. The van der Waals surface area contributed by atoms with Gasteiger partial charge in [-0.15, -0.1) is 0 Å². The zero-order valence-corrected chi connectivity index (χ0v) is 9.52. The second-order valence-electron chi connectivity index (χ2n) is 4.27. The van der Waals surface area contributed by atoms with E-state index in [1.807, 2.05) is 0 Å². The van der Waals surface area contributed by atoms with E-state index in [1.54, 1.807) is 39.0 Å². The van der Waals surface area contributed by atoms with Crippen LogP contribution in [0.2, 0.25) is 0 Å². The first-order valence-corrected chi connectivity index (χ1v) is 4.88. The highest BCUT2D eigenvalue weighted by Crippen LogP contribution is 2.12. The van der Waals surface area contributed by atoms with Crippen LogP contribution in [0.3, 0.4) is 0 Å². The first-order valence-electron chi connectivity index (χ1n) is 4.88. The van der Waals surface area contributed by atoms with E-state index in [0.717, 1.165) is 0 Å². The fourth-order valence-corrected chi connectivity index (χ4v) is 0.993. The second-order valence-corrected chi connectivity index (χ2v) is 4.27. The van der Waals surface area contributed by atoms with Gasteiger partial charge in [-0.1, -0.05) is 18.2 Å². The van der Waals surface area contributed by atoms with E-state index in [9.17, 15) is 9.59 Å². The normalized spacial score (nSPS) is 10.9. The van der Waals surface area contributed by atoms with Gasteiger partial charge in [-0.25, -0.2) is 4.79 Å². The van der Waals surface area contributed by atoms with E-state index in [2.05, 4.69) is 4.89 Å². The molecular formula is C12H14O4. The Bertz CT molecular complexity index is 390. The van der Waals surface area contributed by atoms with Crippen LogP contribution in [0.5, 0.6) is 0 Å². The number of aldehydes is 1. The number of hydrogen-bond acceptors (Lipinski definition) is 4. The molecule has 0 aliphatic heterocycles. The van der Waals surface area contributed by atoms with Gasteiger partial charge in [0.05, 0.1) is 5.56 Å². The maximum atomic E-state index is 11.6. The van der Waals surface area contributed by atoms with Gasteiger partial charge in [-0.2, -0.15) is 4.89 Å². The predicted octanol–water partition coefficient (Wildman–Crippen LogP) is 2.39. The molecule has 0 aliphatic rings. The highest BCUT2D eigenvalue weighted by atomic mass is 17.2. The summed E-state index contributed by atoms with van der Waals surface area (Å²) in [7, 11) is 0. The summed E-state index contributed by atoms with van der Waals surface area (Å²) < 4.78 is 0. The van der Waals surface area contributed by atoms with Crippen LogP contribution in [0.4, 0.5) is 0 Å². The Morgan fingerprint density at radius 3 is 2.44 bits per heavy atom. The van der Waals surface area contributed by atoms with Crippen molar-refractivity contribution in [2.24, 2.45) is 0 Å². The van der Waals surface area contributed by atoms with Crippen molar-refractivity contribution in [1.29, 1.82) is 0 Å². The minimum absolute atomic E-state index is 0.196. The van der Waals surface area contributed by atoms with E-state index in [1.165, 1.54) is 6.07 Å². The zero-order chi connectivity index (χ0) is 12.2. The number of rotatable bonds is 3. The van der Waals surface area contributed by atoms with Gasteiger partial charge in [0.15, 0.2) is 6.29 Å². The molecule has 16 heavy (non-hydrogen) atoms. The van der Waals surface area contributed by atoms with Crippen molar-refractivity contribution in [2.75, 3.05) is 0 Å². The molecule has 0 saturated heterocycles. The lowest BCUT2D eigenvalue weighted by Crippen LogP contribution is -2.22. The van der Waals surface area contributed by atoms with Crippen LogP contribution in [-0.2, 0) is 9.78 Å². The molecule has 0 heterocycles. The average Bonchev–Trinajstić information content (AvgIpc) is 2.25. The Hall–Kier alpha value is -1.68. The molecule has 0 N–H and O–H groups in total. The molecule has 1 rings (SSSR count). The van der Waals surface area contributed by atoms with Gasteiger partial charge in [-0.05, 0) is 26.8 Å². The molecule has 86 valence electrons. The third-order valence-corrected chi connectivity index (χ3v) is 1.68. The minimum atomic E-state index is -0.669. The van der Waals surface area contributed by atoms with Crippen molar-refractivity contribution in [3.8, 4) is 0 Å². The standard InChI is InChI=1S/C12H14O4/c1-12(2,3)16-15-11(14)10-7-5-4-6-9(10)8-13/h4-8H,1-3H3. The molecule has 0 spiro atoms. The lowest BCUT2D eigenvalue weighted by Gasteiger charge is -2.16. The first-order chi connectivity index (χ1) is 7.44. The van der Waals surface area contributed by atoms with Crippen molar-refractivity contribution in [3.63, 3.8) is 0 Å². The van der Waals surface area contributed by atoms with E-state index >= 15 is 0 Å². The Morgan fingerprint density at radius 1 is 1.25 bits per heavy atom. The van der Waals surface area contributed by atoms with Crippen molar-refractivity contribution < 1.29 is 19.4 Å². The van der Waals surface area contributed by atoms with Gasteiger partial charge in [0.25, 0.3) is 0 Å². The molecule has 0 radical (unpaired) electrons. The molecule has 0 atom stereocenters. The molecule has 0 aromatic heterocycles. The number of benzene rings is 1. The van der Waals surface area contributed by atoms with Gasteiger partial charge < -0.3 is 0 Å². The van der Waals surface area contributed by atoms with Crippen LogP contribution in [0.25, 0.3) is 0 Å². The summed E-state index contributed by atoms with van der Waals surface area (Å²) in [6, 6.07) is 6.38. The molecule has 1 aromatic carbocycles. The molecule has 0 fully saturated rings. The van der Waals surface area contributed by atoms with Crippen LogP contribution < -0.4 is 0 Å². The van der Waals surface area contributed by atoms with Gasteiger partial charge in [0.1, 0.15) is 5.60 Å². The van der Waals surface area contributed by atoms with E-state index in [4.69, 9.17) is 4.89 Å². The van der Waals surface area contributed by atoms with Crippen LogP contribution in [-0.4, -0.2) is 17.9 Å². The Kier molecular flexibility index (Phi) is 3.79. The summed E-state index contributed by atoms with van der Waals surface area (Å²) in [5, 5.41) is 0. The van der Waals surface area contributed by atoms with E-state index < -0.39 is 11.6 Å². The summed E-state index contributed by atoms with van der Waals surface area (Å²) in [5.41, 5.74) is -0.0991. The summed E-state index contributed by atoms with van der Waals surface area (Å²) in [6.45, 7) is 5.27. The smallest absolute Gasteiger partial charge is 0.298 e. The lowest BCUT2D eigenvalue weighted by molar-refractivity contribution is -0.301. The molecule has 4 heteroatoms. The van der Waals surface area contributed by atoms with E-state index in [0.29, 0.717) is 6.29 Å². The number of carbonyl (C=O) groups excluding carboxylic acids is 2. The third kappa shape index (κ3) is 3.47. The molecule has 0 bridgehead atoms. The Balaban J connectivity index is 2.77. The number of hydrogen-bond donors (Lipinski definition) is 0. The molecule has 0 unspecified atom stereocenters. The third-order valence-electron chi connectivity index (χ3n) is 1.68. The fraction of sp³-hybridized carbons (Fsp3) is 0.333. The predicted molar refractivity (Wildman–Crippen MR) is 58.1 cm³/mol. The number of carbonyl (C=O) groups is 2. The minimum Gasteiger partial charge on any atom is -0.298 e. The van der Waals surface area contributed by atoms with Crippen molar-refractivity contribution in [2.45, 2.75) is 26.4 Å². The van der Waals surface area contributed by atoms with E-state index in [-0.39, 0.29) is 11.1 Å². The maximum absolute atomic E-state index is 11.6. The van der Waals surface area contributed by atoms with Crippen LogP contribution in [0.1, 0.15) is 41.5 Å². The van der Waals surface area contributed by atoms with Crippen molar-refractivity contribution in [3.05, 3.63) is 35.4 Å². The Morgan fingerprint density at radius 2 is 1.88 bits per heavy atom. The van der Waals surface area contributed by atoms with Crippen LogP contribution in [0, 0.1) is 0 Å². The van der Waals surface area contributed by atoms with Crippen LogP contribution in [0.15, 0.2) is 24.3 Å². The van der Waals surface area contributed by atoms with Gasteiger partial charge in [0.2, 0.25) is 0 Å². The topological polar surface area (TPSA) is 52.6 Å². The molecule has 4 nitrogen and oxygen atoms in total. The molecule has 0 amide bonds. The summed E-state index contributed by atoms with van der Waals surface area (Å²) >= 11 is 0. The fourth-order valence-electron chi connectivity index (χ4n) is 0.993. The molecule has 1 aromatic rings. The van der Waals surface area contributed by atoms with Crippen molar-refractivity contribution >= 4 is 12.3 Å². The molecule has 0 aliphatic carbocycles. The van der Waals surface area contributed by atoms with Gasteiger partial charge in [-0.3, -0.25) is 9.68 Å². The Labute approximate surface area is 94.1 Å². The maximum Gasteiger partial charge on any atom is 0.373 e. The van der Waals surface area contributed by atoms with Gasteiger partial charge >= 0.3 is 5.97 Å². The van der Waals surface area contributed by atoms with Crippen LogP contribution >= 0.6 is 0 Å². The summed E-state index contributed by atoms with van der Waals surface area (Å²) in [6.07, 6.45) is 0.605. The molecular weight excluding hydrogens is 208 g/mol. The SMILES string of the molecule is CC(C)(C)OOC(=O)c1ccccc1C=O. The second kappa shape index (κ2) is 4.90. The average molecular weight is 222 g/mol. The summed E-state index contributed by atoms with van der Waals surface area (Å²) in [4.78, 5) is 31.8. The molecule has 0 saturated carbocycles. The highest BCUT2D eigenvalue weighted by Gasteiger charge is 2.18. The summed E-state index contributed by atoms with van der Waals surface area (Å²) in [5.74, 6) is -0.669. The highest BCUT2D eigenvalue weighted by molar-refractivity contribution is 5.97.